The Hall–Kier alpha value is -0.880. The van der Waals surface area contributed by atoms with Crippen LogP contribution in [0.2, 0.25) is 0 Å². The van der Waals surface area contributed by atoms with Crippen LogP contribution in [0.4, 0.5) is 5.69 Å². The lowest BCUT2D eigenvalue weighted by Gasteiger charge is -2.03. The van der Waals surface area contributed by atoms with Crippen LogP contribution >= 0.6 is 22.6 Å². The lowest BCUT2D eigenvalue weighted by atomic mass is 10.2. The summed E-state index contributed by atoms with van der Waals surface area (Å²) in [7, 11) is -1.01. The van der Waals surface area contributed by atoms with E-state index in [0.29, 0.717) is 11.4 Å². The molecule has 0 aliphatic heterocycles. The second-order valence-corrected chi connectivity index (χ2v) is 6.38. The van der Waals surface area contributed by atoms with Crippen molar-refractivity contribution in [2.45, 2.75) is 10.6 Å². The molecule has 0 aliphatic carbocycles. The molecule has 17 heavy (non-hydrogen) atoms. The van der Waals surface area contributed by atoms with Gasteiger partial charge < -0.3 is 5.73 Å². The topological polar surface area (TPSA) is 43.1 Å². The van der Waals surface area contributed by atoms with Gasteiger partial charge in [-0.05, 0) is 64.6 Å². The third kappa shape index (κ3) is 3.54. The van der Waals surface area contributed by atoms with Crippen molar-refractivity contribution in [1.82, 2.24) is 0 Å². The van der Waals surface area contributed by atoms with Gasteiger partial charge in [0.15, 0.2) is 0 Å². The third-order valence-electron chi connectivity index (χ3n) is 2.35. The standard InChI is InChI=1S/C13H12INOS/c14-11-3-1-10(2-4-11)9-17(16)13-7-5-12(15)6-8-13/h1-8H,9,15H2. The minimum absolute atomic E-state index is 0.542. The Kier molecular flexibility index (Phi) is 4.17. The van der Waals surface area contributed by atoms with E-state index in [0.717, 1.165) is 10.5 Å². The Bertz CT molecular complexity index is 522. The SMILES string of the molecule is Nc1ccc(S(=O)Cc2ccc(I)cc2)cc1. The molecule has 2 nitrogen and oxygen atoms in total. The third-order valence-corrected chi connectivity index (χ3v) is 4.47. The Morgan fingerprint density at radius 3 is 2.18 bits per heavy atom. The highest BCUT2D eigenvalue weighted by Gasteiger charge is 2.04. The van der Waals surface area contributed by atoms with Crippen LogP contribution in [-0.4, -0.2) is 4.21 Å². The molecule has 1 atom stereocenters. The molecule has 2 rings (SSSR count). The second-order valence-electron chi connectivity index (χ2n) is 3.69. The fourth-order valence-corrected chi connectivity index (χ4v) is 2.90. The van der Waals surface area contributed by atoms with E-state index in [-0.39, 0.29) is 0 Å². The highest BCUT2D eigenvalue weighted by atomic mass is 127. The van der Waals surface area contributed by atoms with Crippen LogP contribution < -0.4 is 5.73 Å². The maximum atomic E-state index is 12.1. The molecule has 2 N–H and O–H groups in total. The number of anilines is 1. The molecule has 88 valence electrons. The van der Waals surface area contributed by atoms with Gasteiger partial charge in [0.2, 0.25) is 0 Å². The quantitative estimate of drug-likeness (QED) is 0.677. The normalized spacial score (nSPS) is 12.3. The Morgan fingerprint density at radius 1 is 1.00 bits per heavy atom. The summed E-state index contributed by atoms with van der Waals surface area (Å²) in [6.45, 7) is 0. The molecule has 1 unspecified atom stereocenters. The largest absolute Gasteiger partial charge is 0.399 e. The average Bonchev–Trinajstić information content (AvgIpc) is 2.33. The molecule has 0 heterocycles. The smallest absolute Gasteiger partial charge is 0.0574 e. The molecule has 0 saturated carbocycles. The van der Waals surface area contributed by atoms with Gasteiger partial charge in [0, 0.05) is 14.2 Å². The first-order valence-corrected chi connectivity index (χ1v) is 7.53. The van der Waals surface area contributed by atoms with Crippen molar-refractivity contribution in [3.8, 4) is 0 Å². The highest BCUT2D eigenvalue weighted by Crippen LogP contribution is 2.15. The summed E-state index contributed by atoms with van der Waals surface area (Å²) in [5.41, 5.74) is 7.37. The van der Waals surface area contributed by atoms with Crippen molar-refractivity contribution in [1.29, 1.82) is 0 Å². The Labute approximate surface area is 117 Å². The number of hydrogen-bond donors (Lipinski definition) is 1. The lowest BCUT2D eigenvalue weighted by molar-refractivity contribution is 0.682. The molecular formula is C13H12INOS. The van der Waals surface area contributed by atoms with Gasteiger partial charge in [-0.25, -0.2) is 0 Å². The molecular weight excluding hydrogens is 345 g/mol. The van der Waals surface area contributed by atoms with Crippen molar-refractivity contribution in [3.05, 3.63) is 57.7 Å². The zero-order chi connectivity index (χ0) is 12.3. The number of benzene rings is 2. The van der Waals surface area contributed by atoms with E-state index in [2.05, 4.69) is 22.6 Å². The summed E-state index contributed by atoms with van der Waals surface area (Å²) in [5, 5.41) is 0. The fraction of sp³-hybridized carbons (Fsp3) is 0.0769. The van der Waals surface area contributed by atoms with Gasteiger partial charge in [-0.3, -0.25) is 4.21 Å². The summed E-state index contributed by atoms with van der Waals surface area (Å²) < 4.78 is 13.3. The summed E-state index contributed by atoms with van der Waals surface area (Å²) in [4.78, 5) is 0.817. The maximum Gasteiger partial charge on any atom is 0.0574 e. The molecule has 0 bridgehead atoms. The van der Waals surface area contributed by atoms with E-state index in [4.69, 9.17) is 5.73 Å². The fourth-order valence-electron chi connectivity index (χ4n) is 1.43. The van der Waals surface area contributed by atoms with E-state index in [9.17, 15) is 4.21 Å². The maximum absolute atomic E-state index is 12.1. The van der Waals surface area contributed by atoms with Crippen molar-refractivity contribution >= 4 is 39.1 Å². The number of hydrogen-bond acceptors (Lipinski definition) is 2. The van der Waals surface area contributed by atoms with Crippen LogP contribution in [-0.2, 0) is 16.6 Å². The molecule has 0 aromatic heterocycles. The van der Waals surface area contributed by atoms with E-state index >= 15 is 0 Å². The van der Waals surface area contributed by atoms with Crippen LogP contribution in [0.25, 0.3) is 0 Å². The van der Waals surface area contributed by atoms with E-state index in [1.54, 1.807) is 12.1 Å². The molecule has 0 fully saturated rings. The molecule has 0 radical (unpaired) electrons. The number of nitrogens with two attached hydrogens (primary N) is 1. The molecule has 0 amide bonds. The summed E-state index contributed by atoms with van der Waals surface area (Å²) in [6.07, 6.45) is 0. The first-order chi connectivity index (χ1) is 8.15. The average molecular weight is 357 g/mol. The molecule has 4 heteroatoms. The Morgan fingerprint density at radius 2 is 1.59 bits per heavy atom. The predicted octanol–water partition coefficient (Wildman–Crippen LogP) is 3.18. The van der Waals surface area contributed by atoms with Gasteiger partial charge in [0.05, 0.1) is 16.6 Å². The van der Waals surface area contributed by atoms with Crippen LogP contribution in [0.15, 0.2) is 53.4 Å². The van der Waals surface area contributed by atoms with Crippen molar-refractivity contribution in [2.75, 3.05) is 5.73 Å². The molecule has 0 saturated heterocycles. The van der Waals surface area contributed by atoms with Crippen LogP contribution in [0.5, 0.6) is 0 Å². The van der Waals surface area contributed by atoms with E-state index in [1.165, 1.54) is 3.57 Å². The minimum atomic E-state index is -1.01. The van der Waals surface area contributed by atoms with Crippen molar-refractivity contribution in [2.24, 2.45) is 0 Å². The summed E-state index contributed by atoms with van der Waals surface area (Å²) in [6, 6.07) is 15.3. The second kappa shape index (κ2) is 5.64. The minimum Gasteiger partial charge on any atom is -0.399 e. The summed E-state index contributed by atoms with van der Waals surface area (Å²) >= 11 is 2.26. The van der Waals surface area contributed by atoms with E-state index < -0.39 is 10.8 Å². The van der Waals surface area contributed by atoms with Gasteiger partial charge in [0.1, 0.15) is 0 Å². The van der Waals surface area contributed by atoms with E-state index in [1.807, 2.05) is 36.4 Å². The zero-order valence-electron chi connectivity index (χ0n) is 9.10. The van der Waals surface area contributed by atoms with Crippen LogP contribution in [0.1, 0.15) is 5.56 Å². The van der Waals surface area contributed by atoms with Gasteiger partial charge >= 0.3 is 0 Å². The number of halogens is 1. The van der Waals surface area contributed by atoms with Gasteiger partial charge in [-0.2, -0.15) is 0 Å². The number of rotatable bonds is 3. The van der Waals surface area contributed by atoms with Crippen LogP contribution in [0.3, 0.4) is 0 Å². The van der Waals surface area contributed by atoms with Gasteiger partial charge in [-0.15, -0.1) is 0 Å². The van der Waals surface area contributed by atoms with Gasteiger partial charge in [-0.1, -0.05) is 12.1 Å². The van der Waals surface area contributed by atoms with Crippen LogP contribution in [0, 0.1) is 3.57 Å². The van der Waals surface area contributed by atoms with Gasteiger partial charge in [0.25, 0.3) is 0 Å². The molecule has 2 aromatic carbocycles. The monoisotopic (exact) mass is 357 g/mol. The number of nitrogen functional groups attached to an aromatic ring is 1. The first kappa shape index (κ1) is 12.6. The summed E-state index contributed by atoms with van der Waals surface area (Å²) in [5.74, 6) is 0.542. The van der Waals surface area contributed by atoms with Crippen molar-refractivity contribution < 1.29 is 4.21 Å². The highest BCUT2D eigenvalue weighted by molar-refractivity contribution is 14.1. The molecule has 0 aliphatic rings. The molecule has 2 aromatic rings. The predicted molar refractivity (Wildman–Crippen MR) is 80.1 cm³/mol. The first-order valence-electron chi connectivity index (χ1n) is 5.13. The Balaban J connectivity index is 2.11. The zero-order valence-corrected chi connectivity index (χ0v) is 12.1. The molecule has 0 spiro atoms. The van der Waals surface area contributed by atoms with Crippen molar-refractivity contribution in [3.63, 3.8) is 0 Å². The lowest BCUT2D eigenvalue weighted by Crippen LogP contribution is -1.97.